The lowest BCUT2D eigenvalue weighted by molar-refractivity contribution is -0.353. The van der Waals surface area contributed by atoms with Crippen LogP contribution in [-0.2, 0) is 4.74 Å². The number of rotatable bonds is 4. The molecule has 0 aliphatic rings. The Bertz CT molecular complexity index is 378. The summed E-state index contributed by atoms with van der Waals surface area (Å²) in [5, 5.41) is 35.8. The minimum Gasteiger partial charge on any atom is -0.508 e. The van der Waals surface area contributed by atoms with Gasteiger partial charge in [-0.1, -0.05) is 6.92 Å². The molecule has 6 heteroatoms. The van der Waals surface area contributed by atoms with E-state index in [0.717, 1.165) is 0 Å². The van der Waals surface area contributed by atoms with Crippen molar-refractivity contribution >= 4 is 5.97 Å². The topological polar surface area (TPSA) is 107 Å². The van der Waals surface area contributed by atoms with E-state index in [9.17, 15) is 4.79 Å². The van der Waals surface area contributed by atoms with Gasteiger partial charge in [0, 0.05) is 0 Å². The van der Waals surface area contributed by atoms with Crippen molar-refractivity contribution in [2.45, 2.75) is 25.4 Å². The number of carbonyl (C=O) groups excluding carboxylic acids is 1. The molecule has 1 unspecified atom stereocenters. The average molecular weight is 242 g/mol. The first-order valence-corrected chi connectivity index (χ1v) is 5.01. The summed E-state index contributed by atoms with van der Waals surface area (Å²) >= 11 is 0. The fourth-order valence-electron chi connectivity index (χ4n) is 1.23. The molecule has 1 atom stereocenters. The van der Waals surface area contributed by atoms with Crippen molar-refractivity contribution in [3.63, 3.8) is 0 Å². The van der Waals surface area contributed by atoms with Gasteiger partial charge < -0.3 is 25.2 Å². The highest BCUT2D eigenvalue weighted by molar-refractivity contribution is 5.89. The number of aliphatic hydroxyl groups is 3. The standard InChI is InChI=1S/C11H14O6/c1-2-9(11(14,15)16)17-10(13)7-3-5-8(12)6-4-7/h3-6,9,12,14-16H,2H2,1H3. The third-order valence-corrected chi connectivity index (χ3v) is 2.16. The van der Waals surface area contributed by atoms with Gasteiger partial charge in [-0.3, -0.25) is 0 Å². The van der Waals surface area contributed by atoms with E-state index in [1.165, 1.54) is 31.2 Å². The predicted molar refractivity (Wildman–Crippen MR) is 57.0 cm³/mol. The normalized spacial score (nSPS) is 13.2. The summed E-state index contributed by atoms with van der Waals surface area (Å²) in [4.78, 5) is 11.5. The number of phenolic OH excluding ortho intramolecular Hbond substituents is 1. The number of benzene rings is 1. The number of hydrogen-bond donors (Lipinski definition) is 4. The molecule has 1 aromatic rings. The molecule has 94 valence electrons. The zero-order chi connectivity index (χ0) is 13.1. The zero-order valence-corrected chi connectivity index (χ0v) is 9.20. The molecule has 0 amide bonds. The molecule has 0 saturated heterocycles. The van der Waals surface area contributed by atoms with Crippen LogP contribution in [0.5, 0.6) is 5.75 Å². The van der Waals surface area contributed by atoms with Crippen LogP contribution in [0.15, 0.2) is 24.3 Å². The van der Waals surface area contributed by atoms with E-state index >= 15 is 0 Å². The summed E-state index contributed by atoms with van der Waals surface area (Å²) in [5.41, 5.74) is 0.130. The highest BCUT2D eigenvalue weighted by Gasteiger charge is 2.34. The van der Waals surface area contributed by atoms with E-state index in [4.69, 9.17) is 25.2 Å². The molecular weight excluding hydrogens is 228 g/mol. The van der Waals surface area contributed by atoms with Crippen LogP contribution < -0.4 is 0 Å². The SMILES string of the molecule is CCC(OC(=O)c1ccc(O)cc1)C(O)(O)O. The molecule has 17 heavy (non-hydrogen) atoms. The van der Waals surface area contributed by atoms with Gasteiger partial charge in [0.05, 0.1) is 5.56 Å². The van der Waals surface area contributed by atoms with E-state index in [-0.39, 0.29) is 17.7 Å². The third kappa shape index (κ3) is 3.70. The number of hydrogen-bond acceptors (Lipinski definition) is 6. The fraction of sp³-hybridized carbons (Fsp3) is 0.364. The monoisotopic (exact) mass is 242 g/mol. The highest BCUT2D eigenvalue weighted by Crippen LogP contribution is 2.15. The lowest BCUT2D eigenvalue weighted by Gasteiger charge is -2.24. The zero-order valence-electron chi connectivity index (χ0n) is 9.20. The Morgan fingerprint density at radius 2 is 1.82 bits per heavy atom. The first-order valence-electron chi connectivity index (χ1n) is 5.01. The van der Waals surface area contributed by atoms with E-state index in [1.807, 2.05) is 0 Å². The Hall–Kier alpha value is -1.63. The van der Waals surface area contributed by atoms with E-state index in [0.29, 0.717) is 0 Å². The summed E-state index contributed by atoms with van der Waals surface area (Å²) in [6.07, 6.45) is -1.41. The van der Waals surface area contributed by atoms with Crippen LogP contribution in [0, 0.1) is 0 Å². The Labute approximate surface area is 97.7 Å². The Balaban J connectivity index is 2.75. The molecule has 1 rings (SSSR count). The molecule has 0 spiro atoms. The van der Waals surface area contributed by atoms with Crippen LogP contribution in [0.1, 0.15) is 23.7 Å². The Morgan fingerprint density at radius 3 is 2.24 bits per heavy atom. The van der Waals surface area contributed by atoms with Gasteiger partial charge in [0.1, 0.15) is 5.75 Å². The molecule has 0 saturated carbocycles. The molecular formula is C11H14O6. The molecule has 0 bridgehead atoms. The summed E-state index contributed by atoms with van der Waals surface area (Å²) < 4.78 is 4.72. The lowest BCUT2D eigenvalue weighted by Crippen LogP contribution is -2.44. The van der Waals surface area contributed by atoms with Crippen LogP contribution in [0.2, 0.25) is 0 Å². The van der Waals surface area contributed by atoms with Gasteiger partial charge in [0.15, 0.2) is 6.10 Å². The molecule has 0 heterocycles. The van der Waals surface area contributed by atoms with Gasteiger partial charge in [0.25, 0.3) is 0 Å². The van der Waals surface area contributed by atoms with Gasteiger partial charge in [-0.05, 0) is 30.7 Å². The second-order valence-electron chi connectivity index (χ2n) is 3.54. The van der Waals surface area contributed by atoms with Crippen molar-refractivity contribution in [2.24, 2.45) is 0 Å². The van der Waals surface area contributed by atoms with Crippen molar-refractivity contribution in [3.8, 4) is 5.75 Å². The smallest absolute Gasteiger partial charge is 0.338 e. The average Bonchev–Trinajstić information content (AvgIpc) is 2.24. The minimum atomic E-state index is -3.07. The minimum absolute atomic E-state index is 0.00517. The molecule has 0 fully saturated rings. The number of aromatic hydroxyl groups is 1. The summed E-state index contributed by atoms with van der Waals surface area (Å²) in [5.74, 6) is -3.89. The largest absolute Gasteiger partial charge is 0.508 e. The van der Waals surface area contributed by atoms with Gasteiger partial charge >= 0.3 is 11.9 Å². The van der Waals surface area contributed by atoms with Gasteiger partial charge in [0.2, 0.25) is 0 Å². The molecule has 0 radical (unpaired) electrons. The van der Waals surface area contributed by atoms with Gasteiger partial charge in [-0.15, -0.1) is 0 Å². The predicted octanol–water partition coefficient (Wildman–Crippen LogP) is -0.0417. The van der Waals surface area contributed by atoms with Crippen molar-refractivity contribution in [3.05, 3.63) is 29.8 Å². The van der Waals surface area contributed by atoms with Crippen LogP contribution in [0.25, 0.3) is 0 Å². The number of carbonyl (C=O) groups is 1. The van der Waals surface area contributed by atoms with Crippen LogP contribution in [-0.4, -0.2) is 38.5 Å². The summed E-state index contributed by atoms with van der Waals surface area (Å²) in [6, 6.07) is 5.22. The maximum atomic E-state index is 11.5. The van der Waals surface area contributed by atoms with Crippen LogP contribution >= 0.6 is 0 Å². The van der Waals surface area contributed by atoms with Crippen molar-refractivity contribution in [1.82, 2.24) is 0 Å². The van der Waals surface area contributed by atoms with Gasteiger partial charge in [-0.2, -0.15) is 0 Å². The molecule has 4 N–H and O–H groups in total. The maximum absolute atomic E-state index is 11.5. The molecule has 1 aromatic carbocycles. The first-order chi connectivity index (χ1) is 7.84. The molecule has 0 aromatic heterocycles. The van der Waals surface area contributed by atoms with Crippen molar-refractivity contribution in [2.75, 3.05) is 0 Å². The maximum Gasteiger partial charge on any atom is 0.338 e. The lowest BCUT2D eigenvalue weighted by atomic mass is 10.2. The highest BCUT2D eigenvalue weighted by atomic mass is 16.7. The van der Waals surface area contributed by atoms with Crippen molar-refractivity contribution in [1.29, 1.82) is 0 Å². The summed E-state index contributed by atoms with van der Waals surface area (Å²) in [7, 11) is 0. The van der Waals surface area contributed by atoms with Gasteiger partial charge in [-0.25, -0.2) is 4.79 Å². The Kier molecular flexibility index (Phi) is 4.06. The Morgan fingerprint density at radius 1 is 1.29 bits per heavy atom. The molecule has 0 aliphatic heterocycles. The molecule has 0 aliphatic carbocycles. The third-order valence-electron chi connectivity index (χ3n) is 2.16. The van der Waals surface area contributed by atoms with E-state index < -0.39 is 18.0 Å². The van der Waals surface area contributed by atoms with E-state index in [2.05, 4.69) is 0 Å². The fourth-order valence-corrected chi connectivity index (χ4v) is 1.23. The van der Waals surface area contributed by atoms with Crippen molar-refractivity contribution < 1.29 is 30.0 Å². The number of esters is 1. The number of ether oxygens (including phenoxy) is 1. The van der Waals surface area contributed by atoms with E-state index in [1.54, 1.807) is 0 Å². The summed E-state index contributed by atoms with van der Waals surface area (Å²) in [6.45, 7) is 1.52. The second kappa shape index (κ2) is 5.13. The quantitative estimate of drug-likeness (QED) is 0.436. The van der Waals surface area contributed by atoms with Crippen LogP contribution in [0.4, 0.5) is 0 Å². The number of phenols is 1. The first kappa shape index (κ1) is 13.4. The van der Waals surface area contributed by atoms with Crippen LogP contribution in [0.3, 0.4) is 0 Å². The second-order valence-corrected chi connectivity index (χ2v) is 3.54. The molecule has 6 nitrogen and oxygen atoms in total.